The number of benzene rings is 2. The van der Waals surface area contributed by atoms with Gasteiger partial charge in [-0.1, -0.05) is 60.7 Å². The van der Waals surface area contributed by atoms with Gasteiger partial charge in [-0.05, 0) is 11.1 Å². The molecule has 0 amide bonds. The molecule has 2 aromatic carbocycles. The topological polar surface area (TPSA) is 79.9 Å². The van der Waals surface area contributed by atoms with Crippen LogP contribution < -0.4 is 5.43 Å². The first-order valence-corrected chi connectivity index (χ1v) is 7.76. The Bertz CT molecular complexity index is 758. The molecule has 1 aromatic heterocycles. The van der Waals surface area contributed by atoms with Gasteiger partial charge in [0, 0.05) is 6.07 Å². The standard InChI is InChI=1S/C14H14O.C6H6O4/c1-3-7-13(8-4-1)11-15-12-14-9-5-2-6-10-14;7-2-4-1-5(8)6(9)3-10-4/h1-10H,11-12H2;1,3,7,9H,2H2. The summed E-state index contributed by atoms with van der Waals surface area (Å²) in [5.41, 5.74) is 1.89. The highest BCUT2D eigenvalue weighted by Gasteiger charge is 1.98. The highest BCUT2D eigenvalue weighted by atomic mass is 16.5. The summed E-state index contributed by atoms with van der Waals surface area (Å²) < 4.78 is 10.2. The van der Waals surface area contributed by atoms with Gasteiger partial charge in [-0.25, -0.2) is 0 Å². The third-order valence-corrected chi connectivity index (χ3v) is 3.25. The second kappa shape index (κ2) is 10.1. The summed E-state index contributed by atoms with van der Waals surface area (Å²) in [6, 6.07) is 21.5. The quantitative estimate of drug-likeness (QED) is 0.745. The van der Waals surface area contributed by atoms with E-state index in [1.165, 1.54) is 11.1 Å². The highest BCUT2D eigenvalue weighted by molar-refractivity contribution is 5.16. The molecule has 0 radical (unpaired) electrons. The van der Waals surface area contributed by atoms with E-state index < -0.39 is 11.2 Å². The Kier molecular flexibility index (Phi) is 7.43. The van der Waals surface area contributed by atoms with Crippen LogP contribution >= 0.6 is 0 Å². The van der Waals surface area contributed by atoms with Gasteiger partial charge in [0.2, 0.25) is 5.43 Å². The number of rotatable bonds is 5. The van der Waals surface area contributed by atoms with Crippen LogP contribution in [0.4, 0.5) is 0 Å². The van der Waals surface area contributed by atoms with Gasteiger partial charge in [0.1, 0.15) is 18.6 Å². The lowest BCUT2D eigenvalue weighted by Crippen LogP contribution is -1.99. The Labute approximate surface area is 145 Å². The molecular formula is C20H20O5. The summed E-state index contributed by atoms with van der Waals surface area (Å²) in [5, 5.41) is 17.1. The second-order valence-corrected chi connectivity index (χ2v) is 5.22. The Morgan fingerprint density at radius 1 is 0.880 bits per heavy atom. The molecule has 25 heavy (non-hydrogen) atoms. The average Bonchev–Trinajstić information content (AvgIpc) is 2.66. The van der Waals surface area contributed by atoms with E-state index in [4.69, 9.17) is 14.9 Å². The minimum atomic E-state index is -0.546. The van der Waals surface area contributed by atoms with Crippen LogP contribution in [0.5, 0.6) is 5.75 Å². The fourth-order valence-corrected chi connectivity index (χ4v) is 1.96. The molecule has 0 atom stereocenters. The van der Waals surface area contributed by atoms with Gasteiger partial charge >= 0.3 is 0 Å². The third kappa shape index (κ3) is 6.63. The number of aliphatic hydroxyl groups excluding tert-OH is 1. The Morgan fingerprint density at radius 2 is 1.40 bits per heavy atom. The van der Waals surface area contributed by atoms with Crippen LogP contribution in [-0.2, 0) is 24.6 Å². The molecular weight excluding hydrogens is 320 g/mol. The maximum Gasteiger partial charge on any atom is 0.226 e. The van der Waals surface area contributed by atoms with Crippen molar-refractivity contribution in [2.45, 2.75) is 19.8 Å². The molecule has 0 saturated heterocycles. The zero-order valence-electron chi connectivity index (χ0n) is 13.7. The van der Waals surface area contributed by atoms with Gasteiger partial charge in [0.25, 0.3) is 0 Å². The summed E-state index contributed by atoms with van der Waals surface area (Å²) in [6.45, 7) is 1.01. The van der Waals surface area contributed by atoms with Crippen molar-refractivity contribution in [2.75, 3.05) is 0 Å². The molecule has 130 valence electrons. The fraction of sp³-hybridized carbons (Fsp3) is 0.150. The summed E-state index contributed by atoms with van der Waals surface area (Å²) in [7, 11) is 0. The SMILES string of the molecule is O=c1cc(CO)occ1O.c1ccc(COCc2ccccc2)cc1. The Balaban J connectivity index is 0.000000196. The van der Waals surface area contributed by atoms with Gasteiger partial charge in [0.15, 0.2) is 5.75 Å². The van der Waals surface area contributed by atoms with E-state index in [9.17, 15) is 4.79 Å². The smallest absolute Gasteiger partial charge is 0.226 e. The van der Waals surface area contributed by atoms with E-state index in [0.717, 1.165) is 12.3 Å². The van der Waals surface area contributed by atoms with Crippen molar-refractivity contribution in [2.24, 2.45) is 0 Å². The molecule has 0 bridgehead atoms. The lowest BCUT2D eigenvalue weighted by atomic mass is 10.2. The molecule has 5 heteroatoms. The monoisotopic (exact) mass is 340 g/mol. The fourth-order valence-electron chi connectivity index (χ4n) is 1.96. The molecule has 0 spiro atoms. The van der Waals surface area contributed by atoms with Gasteiger partial charge in [-0.15, -0.1) is 0 Å². The molecule has 0 aliphatic rings. The number of hydrogen-bond donors (Lipinski definition) is 2. The Morgan fingerprint density at radius 3 is 1.84 bits per heavy atom. The molecule has 3 aromatic rings. The van der Waals surface area contributed by atoms with E-state index in [0.29, 0.717) is 13.2 Å². The summed E-state index contributed by atoms with van der Waals surface area (Å²) in [4.78, 5) is 10.6. The summed E-state index contributed by atoms with van der Waals surface area (Å²) >= 11 is 0. The maximum absolute atomic E-state index is 10.6. The minimum absolute atomic E-state index is 0.141. The van der Waals surface area contributed by atoms with Crippen LogP contribution in [0.2, 0.25) is 0 Å². The van der Waals surface area contributed by atoms with Crippen molar-refractivity contribution in [3.63, 3.8) is 0 Å². The second-order valence-electron chi connectivity index (χ2n) is 5.22. The number of ether oxygens (including phenoxy) is 1. The van der Waals surface area contributed by atoms with Crippen molar-refractivity contribution < 1.29 is 19.4 Å². The van der Waals surface area contributed by atoms with E-state index in [1.54, 1.807) is 0 Å². The molecule has 0 fully saturated rings. The van der Waals surface area contributed by atoms with Crippen molar-refractivity contribution in [3.8, 4) is 5.75 Å². The molecule has 3 rings (SSSR count). The van der Waals surface area contributed by atoms with Crippen LogP contribution in [0.25, 0.3) is 0 Å². The molecule has 0 unspecified atom stereocenters. The van der Waals surface area contributed by atoms with E-state index in [1.807, 2.05) is 36.4 Å². The van der Waals surface area contributed by atoms with Crippen molar-refractivity contribution in [1.29, 1.82) is 0 Å². The first kappa shape index (κ1) is 18.4. The zero-order valence-corrected chi connectivity index (χ0v) is 13.7. The molecule has 0 aliphatic heterocycles. The van der Waals surface area contributed by atoms with E-state index >= 15 is 0 Å². The molecule has 0 saturated carbocycles. The lowest BCUT2D eigenvalue weighted by Gasteiger charge is -2.03. The van der Waals surface area contributed by atoms with Crippen molar-refractivity contribution >= 4 is 0 Å². The van der Waals surface area contributed by atoms with E-state index in [-0.39, 0.29) is 12.4 Å². The zero-order chi connectivity index (χ0) is 17.9. The van der Waals surface area contributed by atoms with E-state index in [2.05, 4.69) is 28.7 Å². The summed E-state index contributed by atoms with van der Waals surface area (Å²) in [5.74, 6) is -0.306. The number of hydrogen-bond acceptors (Lipinski definition) is 5. The first-order chi connectivity index (χ1) is 12.2. The molecule has 2 N–H and O–H groups in total. The predicted octanol–water partition coefficient (Wildman–Crippen LogP) is 3.24. The Hall–Kier alpha value is -2.89. The first-order valence-electron chi connectivity index (χ1n) is 7.76. The minimum Gasteiger partial charge on any atom is -0.502 e. The van der Waals surface area contributed by atoms with Crippen molar-refractivity contribution in [3.05, 3.63) is 100 Å². The van der Waals surface area contributed by atoms with Crippen LogP contribution in [0.1, 0.15) is 16.9 Å². The maximum atomic E-state index is 10.6. The predicted molar refractivity (Wildman–Crippen MR) is 93.9 cm³/mol. The van der Waals surface area contributed by atoms with Gasteiger partial charge < -0.3 is 19.4 Å². The van der Waals surface area contributed by atoms with Crippen LogP contribution in [0.15, 0.2) is 82.2 Å². The van der Waals surface area contributed by atoms with Crippen molar-refractivity contribution in [1.82, 2.24) is 0 Å². The van der Waals surface area contributed by atoms with Gasteiger partial charge in [0.05, 0.1) is 13.2 Å². The number of aromatic hydroxyl groups is 1. The number of aliphatic hydroxyl groups is 1. The molecule has 5 nitrogen and oxygen atoms in total. The summed E-state index contributed by atoms with van der Waals surface area (Å²) in [6.07, 6.45) is 0.897. The largest absolute Gasteiger partial charge is 0.502 e. The average molecular weight is 340 g/mol. The van der Waals surface area contributed by atoms with Crippen LogP contribution in [0, 0.1) is 0 Å². The highest BCUT2D eigenvalue weighted by Crippen LogP contribution is 2.05. The molecule has 1 heterocycles. The van der Waals surface area contributed by atoms with Crippen LogP contribution in [0.3, 0.4) is 0 Å². The molecule has 0 aliphatic carbocycles. The third-order valence-electron chi connectivity index (χ3n) is 3.25. The van der Waals surface area contributed by atoms with Crippen LogP contribution in [-0.4, -0.2) is 10.2 Å². The van der Waals surface area contributed by atoms with Gasteiger partial charge in [-0.2, -0.15) is 0 Å². The normalized spacial score (nSPS) is 9.96. The van der Waals surface area contributed by atoms with Gasteiger partial charge in [-0.3, -0.25) is 4.79 Å². The lowest BCUT2D eigenvalue weighted by molar-refractivity contribution is 0.107.